The van der Waals surface area contributed by atoms with Gasteiger partial charge in [-0.3, -0.25) is 0 Å². The first kappa shape index (κ1) is 20.3. The molecule has 2 aromatic rings. The van der Waals surface area contributed by atoms with Crippen LogP contribution in [0.2, 0.25) is 0 Å². The van der Waals surface area contributed by atoms with Crippen molar-refractivity contribution in [2.75, 3.05) is 37.9 Å². The van der Waals surface area contributed by atoms with Gasteiger partial charge in [-0.05, 0) is 54.3 Å². The second kappa shape index (κ2) is 8.42. The Balaban J connectivity index is 1.23. The van der Waals surface area contributed by atoms with Crippen LogP contribution in [-0.4, -0.2) is 39.0 Å². The molecule has 0 radical (unpaired) electrons. The van der Waals surface area contributed by atoms with Crippen molar-refractivity contribution in [2.24, 2.45) is 5.92 Å². The van der Waals surface area contributed by atoms with E-state index in [1.807, 2.05) is 18.2 Å². The summed E-state index contributed by atoms with van der Waals surface area (Å²) < 4.78 is 23.9. The van der Waals surface area contributed by atoms with Gasteiger partial charge in [-0.25, -0.2) is 9.18 Å². The largest absolute Gasteiger partial charge is 0.454 e. The number of anilines is 1. The summed E-state index contributed by atoms with van der Waals surface area (Å²) in [6, 6.07) is 12.3. The van der Waals surface area contributed by atoms with Gasteiger partial charge in [0, 0.05) is 37.3 Å². The zero-order valence-corrected chi connectivity index (χ0v) is 17.4. The summed E-state index contributed by atoms with van der Waals surface area (Å²) in [6.45, 7) is 7.31. The third-order valence-corrected chi connectivity index (χ3v) is 5.87. The molecule has 2 amide bonds. The summed E-state index contributed by atoms with van der Waals surface area (Å²) in [5.41, 5.74) is 1.86. The number of ether oxygens (including phenoxy) is 2. The fraction of sp³-hybridized carbons (Fsp3) is 0.435. The fourth-order valence-electron chi connectivity index (χ4n) is 3.91. The van der Waals surface area contributed by atoms with Crippen molar-refractivity contribution in [3.8, 4) is 11.5 Å². The SMILES string of the molecule is CC(C)(CNC(=O)NCC1CCN(c2ccc(F)cc2)C1)c1ccc2c(c1)OCO2. The molecule has 1 saturated heterocycles. The highest BCUT2D eigenvalue weighted by Gasteiger charge is 2.26. The lowest BCUT2D eigenvalue weighted by Crippen LogP contribution is -2.43. The molecular weight excluding hydrogens is 385 g/mol. The number of carbonyl (C=O) groups is 1. The fourth-order valence-corrected chi connectivity index (χ4v) is 3.91. The number of amides is 2. The highest BCUT2D eigenvalue weighted by Crippen LogP contribution is 2.36. The van der Waals surface area contributed by atoms with E-state index < -0.39 is 0 Å². The zero-order chi connectivity index (χ0) is 21.1. The number of benzene rings is 2. The molecule has 0 aromatic heterocycles. The second-order valence-electron chi connectivity index (χ2n) is 8.59. The molecule has 2 aromatic carbocycles. The van der Waals surface area contributed by atoms with Crippen LogP contribution in [-0.2, 0) is 5.41 Å². The summed E-state index contributed by atoms with van der Waals surface area (Å²) in [4.78, 5) is 14.6. The quantitative estimate of drug-likeness (QED) is 0.759. The van der Waals surface area contributed by atoms with E-state index in [1.54, 1.807) is 12.1 Å². The van der Waals surface area contributed by atoms with Gasteiger partial charge in [0.2, 0.25) is 6.79 Å². The third kappa shape index (κ3) is 4.61. The Bertz CT molecular complexity index is 901. The Kier molecular flexibility index (Phi) is 5.70. The van der Waals surface area contributed by atoms with E-state index in [4.69, 9.17) is 9.47 Å². The van der Waals surface area contributed by atoms with Crippen molar-refractivity contribution in [3.63, 3.8) is 0 Å². The molecule has 0 aliphatic carbocycles. The molecule has 2 aliphatic rings. The lowest BCUT2D eigenvalue weighted by Gasteiger charge is -2.26. The van der Waals surface area contributed by atoms with E-state index in [0.29, 0.717) is 19.0 Å². The highest BCUT2D eigenvalue weighted by molar-refractivity contribution is 5.74. The van der Waals surface area contributed by atoms with Crippen molar-refractivity contribution < 1.29 is 18.7 Å². The predicted molar refractivity (Wildman–Crippen MR) is 114 cm³/mol. The second-order valence-corrected chi connectivity index (χ2v) is 8.59. The van der Waals surface area contributed by atoms with Crippen LogP contribution in [0.5, 0.6) is 11.5 Å². The van der Waals surface area contributed by atoms with E-state index in [-0.39, 0.29) is 24.1 Å². The molecule has 1 unspecified atom stereocenters. The van der Waals surface area contributed by atoms with Gasteiger partial charge in [-0.1, -0.05) is 19.9 Å². The summed E-state index contributed by atoms with van der Waals surface area (Å²) >= 11 is 0. The van der Waals surface area contributed by atoms with Crippen LogP contribution in [0.3, 0.4) is 0 Å². The maximum absolute atomic E-state index is 13.1. The van der Waals surface area contributed by atoms with Crippen molar-refractivity contribution in [1.82, 2.24) is 10.6 Å². The number of halogens is 1. The van der Waals surface area contributed by atoms with Gasteiger partial charge in [0.25, 0.3) is 0 Å². The van der Waals surface area contributed by atoms with Crippen LogP contribution in [0.4, 0.5) is 14.9 Å². The Morgan fingerprint density at radius 1 is 1.13 bits per heavy atom. The van der Waals surface area contributed by atoms with Gasteiger partial charge in [-0.2, -0.15) is 0 Å². The molecule has 4 rings (SSSR count). The van der Waals surface area contributed by atoms with Gasteiger partial charge in [0.05, 0.1) is 0 Å². The van der Waals surface area contributed by atoms with E-state index in [2.05, 4.69) is 29.4 Å². The van der Waals surface area contributed by atoms with Gasteiger partial charge < -0.3 is 25.0 Å². The maximum Gasteiger partial charge on any atom is 0.314 e. The van der Waals surface area contributed by atoms with Crippen molar-refractivity contribution in [3.05, 3.63) is 53.8 Å². The minimum absolute atomic E-state index is 0.163. The number of rotatable bonds is 6. The number of hydrogen-bond acceptors (Lipinski definition) is 4. The molecule has 1 atom stereocenters. The molecule has 2 N–H and O–H groups in total. The minimum Gasteiger partial charge on any atom is -0.454 e. The monoisotopic (exact) mass is 413 g/mol. The standard InChI is InChI=1S/C23H28FN3O3/c1-23(2,17-3-8-20-21(11-17)30-15-29-20)14-26-22(28)25-12-16-9-10-27(13-16)19-6-4-18(24)5-7-19/h3-8,11,16H,9-10,12-15H2,1-2H3,(H2,25,26,28). The molecule has 7 heteroatoms. The summed E-state index contributed by atoms with van der Waals surface area (Å²) in [7, 11) is 0. The van der Waals surface area contributed by atoms with Crippen molar-refractivity contribution in [2.45, 2.75) is 25.7 Å². The van der Waals surface area contributed by atoms with Gasteiger partial charge in [0.15, 0.2) is 11.5 Å². The Labute approximate surface area is 176 Å². The Hall–Kier alpha value is -2.96. The van der Waals surface area contributed by atoms with Crippen LogP contribution in [0.25, 0.3) is 0 Å². The summed E-state index contributed by atoms with van der Waals surface area (Å²) in [5.74, 6) is 1.66. The van der Waals surface area contributed by atoms with E-state index in [0.717, 1.165) is 42.3 Å². The number of fused-ring (bicyclic) bond motifs is 1. The minimum atomic E-state index is -0.245. The topological polar surface area (TPSA) is 62.8 Å². The first-order chi connectivity index (χ1) is 14.4. The first-order valence-electron chi connectivity index (χ1n) is 10.3. The zero-order valence-electron chi connectivity index (χ0n) is 17.4. The molecule has 6 nitrogen and oxygen atoms in total. The number of carbonyl (C=O) groups excluding carboxylic acids is 1. The first-order valence-corrected chi connectivity index (χ1v) is 10.3. The molecular formula is C23H28FN3O3. The average Bonchev–Trinajstić information content (AvgIpc) is 3.40. The number of urea groups is 1. The van der Waals surface area contributed by atoms with Gasteiger partial charge >= 0.3 is 6.03 Å². The highest BCUT2D eigenvalue weighted by atomic mass is 19.1. The van der Waals surface area contributed by atoms with Crippen molar-refractivity contribution in [1.29, 1.82) is 0 Å². The van der Waals surface area contributed by atoms with Crippen molar-refractivity contribution >= 4 is 11.7 Å². The van der Waals surface area contributed by atoms with Crippen LogP contribution < -0.4 is 25.0 Å². The Morgan fingerprint density at radius 2 is 1.90 bits per heavy atom. The van der Waals surface area contributed by atoms with E-state index >= 15 is 0 Å². The molecule has 0 saturated carbocycles. The average molecular weight is 413 g/mol. The third-order valence-electron chi connectivity index (χ3n) is 5.87. The smallest absolute Gasteiger partial charge is 0.314 e. The van der Waals surface area contributed by atoms with E-state index in [9.17, 15) is 9.18 Å². The van der Waals surface area contributed by atoms with Gasteiger partial charge in [-0.15, -0.1) is 0 Å². The lowest BCUT2D eigenvalue weighted by atomic mass is 9.84. The normalized spacial score (nSPS) is 17.8. The van der Waals surface area contributed by atoms with Crippen LogP contribution in [0.1, 0.15) is 25.8 Å². The number of nitrogens with one attached hydrogen (secondary N) is 2. The molecule has 0 spiro atoms. The number of hydrogen-bond donors (Lipinski definition) is 2. The molecule has 2 aliphatic heterocycles. The maximum atomic E-state index is 13.1. The number of nitrogens with zero attached hydrogens (tertiary/aromatic N) is 1. The van der Waals surface area contributed by atoms with Gasteiger partial charge in [0.1, 0.15) is 5.82 Å². The molecule has 0 bridgehead atoms. The Morgan fingerprint density at radius 3 is 2.70 bits per heavy atom. The molecule has 160 valence electrons. The summed E-state index contributed by atoms with van der Waals surface area (Å²) in [5, 5.41) is 5.97. The molecule has 1 fully saturated rings. The lowest BCUT2D eigenvalue weighted by molar-refractivity contribution is 0.174. The van der Waals surface area contributed by atoms with Crippen LogP contribution in [0, 0.1) is 11.7 Å². The molecule has 2 heterocycles. The molecule has 30 heavy (non-hydrogen) atoms. The van der Waals surface area contributed by atoms with E-state index in [1.165, 1.54) is 12.1 Å². The summed E-state index contributed by atoms with van der Waals surface area (Å²) in [6.07, 6.45) is 1.00. The van der Waals surface area contributed by atoms with Crippen LogP contribution >= 0.6 is 0 Å². The van der Waals surface area contributed by atoms with Crippen LogP contribution in [0.15, 0.2) is 42.5 Å². The predicted octanol–water partition coefficient (Wildman–Crippen LogP) is 3.66.